The molecule has 1 N–H and O–H groups in total. The quantitative estimate of drug-likeness (QED) is 0.830. The molecule has 0 radical (unpaired) electrons. The first-order valence-corrected chi connectivity index (χ1v) is 10.5. The van der Waals surface area contributed by atoms with Gasteiger partial charge in [0.25, 0.3) is 0 Å². The first-order chi connectivity index (χ1) is 12.9. The van der Waals surface area contributed by atoms with Crippen LogP contribution in [0.5, 0.6) is 0 Å². The predicted octanol–water partition coefficient (Wildman–Crippen LogP) is 3.74. The minimum Gasteiger partial charge on any atom is -0.333 e. The molecule has 0 bridgehead atoms. The number of amides is 1. The van der Waals surface area contributed by atoms with Crippen LogP contribution in [0.15, 0.2) is 30.3 Å². The molecule has 2 aliphatic heterocycles. The summed E-state index contributed by atoms with van der Waals surface area (Å²) < 4.78 is 0. The Morgan fingerprint density at radius 1 is 1.11 bits per heavy atom. The maximum atomic E-state index is 13.1. The smallest absolute Gasteiger partial charge is 0.223 e. The number of likely N-dealkylation sites (tertiary alicyclic amines) is 1. The van der Waals surface area contributed by atoms with E-state index < -0.39 is 0 Å². The van der Waals surface area contributed by atoms with Crippen LogP contribution in [-0.4, -0.2) is 41.3 Å². The molecule has 0 aromatic heterocycles. The summed E-state index contributed by atoms with van der Waals surface area (Å²) in [5, 5.41) is 3.54. The second kappa shape index (κ2) is 8.55. The van der Waals surface area contributed by atoms with E-state index in [1.807, 2.05) is 23.1 Å². The van der Waals surface area contributed by atoms with Crippen LogP contribution in [0.1, 0.15) is 64.9 Å². The predicted molar refractivity (Wildman–Crippen MR) is 109 cm³/mol. The third-order valence-corrected chi connectivity index (χ3v) is 6.14. The molecule has 0 spiro atoms. The van der Waals surface area contributed by atoms with Gasteiger partial charge >= 0.3 is 0 Å². The first-order valence-electron chi connectivity index (χ1n) is 10.5. The summed E-state index contributed by atoms with van der Waals surface area (Å²) in [6.45, 7) is 7.39. The van der Waals surface area contributed by atoms with Gasteiger partial charge in [0.15, 0.2) is 5.78 Å². The van der Waals surface area contributed by atoms with Crippen molar-refractivity contribution in [2.75, 3.05) is 6.54 Å². The third kappa shape index (κ3) is 4.98. The second-order valence-electron chi connectivity index (χ2n) is 9.20. The number of hydrogen-bond acceptors (Lipinski definition) is 3. The number of carbonyl (C=O) groups is 2. The average Bonchev–Trinajstić information content (AvgIpc) is 3.31. The highest BCUT2D eigenvalue weighted by atomic mass is 16.2. The lowest BCUT2D eigenvalue weighted by atomic mass is 9.86. The van der Waals surface area contributed by atoms with Gasteiger partial charge in [-0.2, -0.15) is 0 Å². The highest BCUT2D eigenvalue weighted by Gasteiger charge is 2.41. The number of Topliss-reactive ketones (excluding diaryl/α,β-unsaturated/α-hetero) is 1. The van der Waals surface area contributed by atoms with Crippen molar-refractivity contribution in [3.63, 3.8) is 0 Å². The standard InChI is InChI=1S/C23H34N2O2/c1-23(2,3)20-15-14-18(24-20)22(27)19-12-8-16-25(19)21(26)13-7-11-17-9-5-4-6-10-17/h4-6,9-10,18-20,24H,7-8,11-16H2,1-3H3/t18-,19?,20?/m0/s1. The number of benzene rings is 1. The van der Waals surface area contributed by atoms with E-state index in [2.05, 4.69) is 38.2 Å². The van der Waals surface area contributed by atoms with Crippen molar-refractivity contribution in [1.82, 2.24) is 10.2 Å². The van der Waals surface area contributed by atoms with Crippen LogP contribution in [-0.2, 0) is 16.0 Å². The lowest BCUT2D eigenvalue weighted by Gasteiger charge is -2.29. The third-order valence-electron chi connectivity index (χ3n) is 6.14. The fourth-order valence-electron chi connectivity index (χ4n) is 4.48. The van der Waals surface area contributed by atoms with Gasteiger partial charge < -0.3 is 10.2 Å². The van der Waals surface area contributed by atoms with Crippen LogP contribution in [0.25, 0.3) is 0 Å². The molecule has 2 unspecified atom stereocenters. The molecule has 1 aromatic carbocycles. The van der Waals surface area contributed by atoms with Gasteiger partial charge in [0, 0.05) is 19.0 Å². The van der Waals surface area contributed by atoms with Gasteiger partial charge in [0.1, 0.15) is 0 Å². The van der Waals surface area contributed by atoms with Crippen molar-refractivity contribution >= 4 is 11.7 Å². The van der Waals surface area contributed by atoms with Crippen molar-refractivity contribution in [3.8, 4) is 0 Å². The van der Waals surface area contributed by atoms with Gasteiger partial charge in [-0.25, -0.2) is 0 Å². The monoisotopic (exact) mass is 370 g/mol. The van der Waals surface area contributed by atoms with Gasteiger partial charge in [-0.15, -0.1) is 0 Å². The van der Waals surface area contributed by atoms with E-state index in [4.69, 9.17) is 0 Å². The van der Waals surface area contributed by atoms with Crippen molar-refractivity contribution in [3.05, 3.63) is 35.9 Å². The molecule has 2 heterocycles. The molecule has 27 heavy (non-hydrogen) atoms. The van der Waals surface area contributed by atoms with Gasteiger partial charge in [-0.05, 0) is 49.5 Å². The lowest BCUT2D eigenvalue weighted by molar-refractivity contribution is -0.138. The fraction of sp³-hybridized carbons (Fsp3) is 0.652. The molecule has 2 saturated heterocycles. The van der Waals surface area contributed by atoms with E-state index in [1.54, 1.807) is 0 Å². The fourth-order valence-corrected chi connectivity index (χ4v) is 4.48. The number of nitrogens with zero attached hydrogens (tertiary/aromatic N) is 1. The first kappa shape index (κ1) is 20.1. The molecule has 4 nitrogen and oxygen atoms in total. The Morgan fingerprint density at radius 2 is 1.85 bits per heavy atom. The summed E-state index contributed by atoms with van der Waals surface area (Å²) in [6, 6.07) is 10.4. The number of nitrogens with one attached hydrogen (secondary N) is 1. The highest BCUT2D eigenvalue weighted by Crippen LogP contribution is 2.30. The molecule has 148 valence electrons. The zero-order chi connectivity index (χ0) is 19.4. The number of hydrogen-bond donors (Lipinski definition) is 1. The van der Waals surface area contributed by atoms with E-state index in [0.29, 0.717) is 12.5 Å². The zero-order valence-corrected chi connectivity index (χ0v) is 17.0. The van der Waals surface area contributed by atoms with Gasteiger partial charge in [-0.1, -0.05) is 51.1 Å². The highest BCUT2D eigenvalue weighted by molar-refractivity contribution is 5.93. The SMILES string of the molecule is CC(C)(C)C1CC[C@@H](C(=O)C2CCCN2C(=O)CCCc2ccccc2)N1. The summed E-state index contributed by atoms with van der Waals surface area (Å²) in [5.41, 5.74) is 1.43. The Balaban J connectivity index is 1.52. The Kier molecular flexibility index (Phi) is 6.36. The molecule has 1 aromatic rings. The minimum absolute atomic E-state index is 0.0862. The maximum Gasteiger partial charge on any atom is 0.223 e. The Labute approximate surface area is 163 Å². The number of rotatable bonds is 6. The molecule has 3 atom stereocenters. The van der Waals surface area contributed by atoms with E-state index in [9.17, 15) is 9.59 Å². The molecular formula is C23H34N2O2. The van der Waals surface area contributed by atoms with Crippen LogP contribution in [0, 0.1) is 5.41 Å². The van der Waals surface area contributed by atoms with Crippen molar-refractivity contribution in [1.29, 1.82) is 0 Å². The van der Waals surface area contributed by atoms with Crippen LogP contribution < -0.4 is 5.32 Å². The van der Waals surface area contributed by atoms with Gasteiger partial charge in [0.2, 0.25) is 5.91 Å². The van der Waals surface area contributed by atoms with Crippen LogP contribution in [0.2, 0.25) is 0 Å². The normalized spacial score (nSPS) is 25.7. The summed E-state index contributed by atoms with van der Waals surface area (Å²) in [4.78, 5) is 27.7. The summed E-state index contributed by atoms with van der Waals surface area (Å²) in [6.07, 6.45) is 5.98. The lowest BCUT2D eigenvalue weighted by Crippen LogP contribution is -2.49. The van der Waals surface area contributed by atoms with Crippen molar-refractivity contribution in [2.24, 2.45) is 5.41 Å². The minimum atomic E-state index is -0.217. The Bertz CT molecular complexity index is 650. The van der Waals surface area contributed by atoms with E-state index >= 15 is 0 Å². The topological polar surface area (TPSA) is 49.4 Å². The second-order valence-corrected chi connectivity index (χ2v) is 9.20. The molecule has 0 aliphatic carbocycles. The number of carbonyl (C=O) groups excluding carboxylic acids is 2. The van der Waals surface area contributed by atoms with E-state index in [1.165, 1.54) is 5.56 Å². The summed E-state index contributed by atoms with van der Waals surface area (Å²) in [5.74, 6) is 0.378. The molecule has 4 heteroatoms. The Morgan fingerprint density at radius 3 is 2.52 bits per heavy atom. The van der Waals surface area contributed by atoms with E-state index in [0.717, 1.165) is 45.1 Å². The molecule has 0 saturated carbocycles. The number of aryl methyl sites for hydroxylation is 1. The molecular weight excluding hydrogens is 336 g/mol. The molecule has 3 rings (SSSR count). The van der Waals surface area contributed by atoms with Crippen LogP contribution in [0.3, 0.4) is 0 Å². The van der Waals surface area contributed by atoms with Crippen LogP contribution >= 0.6 is 0 Å². The molecule has 2 aliphatic rings. The molecule has 2 fully saturated rings. The number of ketones is 1. The van der Waals surface area contributed by atoms with Crippen molar-refractivity contribution in [2.45, 2.75) is 83.8 Å². The zero-order valence-electron chi connectivity index (χ0n) is 17.0. The van der Waals surface area contributed by atoms with Gasteiger partial charge in [0.05, 0.1) is 12.1 Å². The van der Waals surface area contributed by atoms with Gasteiger partial charge in [-0.3, -0.25) is 9.59 Å². The van der Waals surface area contributed by atoms with Crippen molar-refractivity contribution < 1.29 is 9.59 Å². The summed E-state index contributed by atoms with van der Waals surface area (Å²) >= 11 is 0. The Hall–Kier alpha value is -1.68. The maximum absolute atomic E-state index is 13.1. The van der Waals surface area contributed by atoms with Crippen LogP contribution in [0.4, 0.5) is 0 Å². The average molecular weight is 371 g/mol. The largest absolute Gasteiger partial charge is 0.333 e. The van der Waals surface area contributed by atoms with E-state index in [-0.39, 0.29) is 29.2 Å². The summed E-state index contributed by atoms with van der Waals surface area (Å²) in [7, 11) is 0. The molecule has 1 amide bonds.